The molecule has 0 bridgehead atoms. The van der Waals surface area contributed by atoms with Crippen molar-refractivity contribution in [3.8, 4) is 0 Å². The van der Waals surface area contributed by atoms with E-state index in [4.69, 9.17) is 27.9 Å². The monoisotopic (exact) mass is 532 g/mol. The van der Waals surface area contributed by atoms with Gasteiger partial charge in [0.05, 0.1) is 22.7 Å². The highest BCUT2D eigenvalue weighted by Crippen LogP contribution is 2.53. The largest absolute Gasteiger partial charge is 0.467 e. The predicted octanol–water partition coefficient (Wildman–Crippen LogP) is 5.09. The van der Waals surface area contributed by atoms with Crippen LogP contribution >= 0.6 is 23.2 Å². The smallest absolute Gasteiger partial charge is 0.328 e. The van der Waals surface area contributed by atoms with Crippen LogP contribution in [-0.4, -0.2) is 36.7 Å². The van der Waals surface area contributed by atoms with Crippen LogP contribution in [0.5, 0.6) is 0 Å². The number of hydrogen-bond donors (Lipinski definition) is 2. The molecular weight excluding hydrogens is 503 g/mol. The quantitative estimate of drug-likeness (QED) is 0.438. The van der Waals surface area contributed by atoms with Gasteiger partial charge in [0, 0.05) is 24.4 Å². The standard InChI is InChI=1S/C27H30Cl2N2O5/c1-15(32)19-13-17(27(19,2)3)14-23(33)31-22(26(35)36-4)12-16-8-10-18(11-9-16)30-25(34)24-20(28)6-5-7-21(24)29/h5-11,17,19,22H,12-14H2,1-4H3,(H,30,34)(H,31,33)/t17?,19?,22-/m0/s1. The lowest BCUT2D eigenvalue weighted by atomic mass is 9.52. The van der Waals surface area contributed by atoms with Gasteiger partial charge in [-0.1, -0.05) is 55.2 Å². The summed E-state index contributed by atoms with van der Waals surface area (Å²) in [6.45, 7) is 5.58. The summed E-state index contributed by atoms with van der Waals surface area (Å²) in [5.41, 5.74) is 1.21. The molecule has 192 valence electrons. The van der Waals surface area contributed by atoms with Gasteiger partial charge in [0.15, 0.2) is 0 Å². The highest BCUT2D eigenvalue weighted by Gasteiger charge is 2.50. The van der Waals surface area contributed by atoms with Gasteiger partial charge in [-0.05, 0) is 54.5 Å². The number of benzene rings is 2. The van der Waals surface area contributed by atoms with E-state index in [2.05, 4.69) is 10.6 Å². The molecule has 2 N–H and O–H groups in total. The molecule has 0 saturated heterocycles. The molecule has 3 rings (SSSR count). The zero-order chi connectivity index (χ0) is 26.6. The van der Waals surface area contributed by atoms with E-state index in [9.17, 15) is 19.2 Å². The van der Waals surface area contributed by atoms with Crippen molar-refractivity contribution in [2.24, 2.45) is 17.3 Å². The van der Waals surface area contributed by atoms with Crippen molar-refractivity contribution >= 4 is 52.5 Å². The van der Waals surface area contributed by atoms with Crippen LogP contribution < -0.4 is 10.6 Å². The minimum Gasteiger partial charge on any atom is -0.467 e. The van der Waals surface area contributed by atoms with Crippen molar-refractivity contribution in [1.29, 1.82) is 0 Å². The highest BCUT2D eigenvalue weighted by atomic mass is 35.5. The second kappa shape index (κ2) is 11.4. The maximum Gasteiger partial charge on any atom is 0.328 e. The zero-order valence-electron chi connectivity index (χ0n) is 20.7. The van der Waals surface area contributed by atoms with E-state index in [-0.39, 0.29) is 57.4 Å². The van der Waals surface area contributed by atoms with Crippen LogP contribution in [0.1, 0.15) is 49.5 Å². The summed E-state index contributed by atoms with van der Waals surface area (Å²) >= 11 is 12.2. The molecule has 2 unspecified atom stereocenters. The molecule has 36 heavy (non-hydrogen) atoms. The van der Waals surface area contributed by atoms with Gasteiger partial charge in [0.2, 0.25) is 5.91 Å². The van der Waals surface area contributed by atoms with Crippen LogP contribution in [0.25, 0.3) is 0 Å². The Morgan fingerprint density at radius 1 is 1.06 bits per heavy atom. The maximum absolute atomic E-state index is 12.7. The number of nitrogens with one attached hydrogen (secondary N) is 2. The van der Waals surface area contributed by atoms with Crippen molar-refractivity contribution in [3.63, 3.8) is 0 Å². The van der Waals surface area contributed by atoms with Crippen LogP contribution in [0.4, 0.5) is 5.69 Å². The summed E-state index contributed by atoms with van der Waals surface area (Å²) in [5, 5.41) is 6.02. The van der Waals surface area contributed by atoms with Crippen molar-refractivity contribution in [2.45, 2.75) is 46.1 Å². The van der Waals surface area contributed by atoms with Crippen LogP contribution in [0, 0.1) is 17.3 Å². The molecule has 2 aromatic rings. The minimum absolute atomic E-state index is 0.0420. The van der Waals surface area contributed by atoms with Crippen LogP contribution in [0.15, 0.2) is 42.5 Å². The van der Waals surface area contributed by atoms with E-state index in [0.717, 1.165) is 5.56 Å². The first kappa shape index (κ1) is 27.7. The Balaban J connectivity index is 1.62. The third kappa shape index (κ3) is 6.26. The Hall–Kier alpha value is -2.90. The van der Waals surface area contributed by atoms with Gasteiger partial charge in [-0.3, -0.25) is 14.4 Å². The number of esters is 1. The van der Waals surface area contributed by atoms with Gasteiger partial charge in [-0.25, -0.2) is 4.79 Å². The molecule has 2 aromatic carbocycles. The minimum atomic E-state index is -0.864. The number of carbonyl (C=O) groups excluding carboxylic acids is 4. The molecule has 0 heterocycles. The molecule has 9 heteroatoms. The zero-order valence-corrected chi connectivity index (χ0v) is 22.2. The molecule has 1 fully saturated rings. The van der Waals surface area contributed by atoms with E-state index in [1.54, 1.807) is 49.4 Å². The average molecular weight is 533 g/mol. The Kier molecular flexibility index (Phi) is 8.80. The van der Waals surface area contributed by atoms with Crippen molar-refractivity contribution in [1.82, 2.24) is 5.32 Å². The number of ether oxygens (including phenoxy) is 1. The van der Waals surface area contributed by atoms with E-state index in [1.807, 2.05) is 13.8 Å². The maximum atomic E-state index is 12.7. The summed E-state index contributed by atoms with van der Waals surface area (Å²) in [6.07, 6.45) is 1.12. The lowest BCUT2D eigenvalue weighted by Gasteiger charge is -2.51. The average Bonchev–Trinajstić information content (AvgIpc) is 2.81. The number of Topliss-reactive ketones (excluding diaryl/α,β-unsaturated/α-hetero) is 1. The van der Waals surface area contributed by atoms with Crippen molar-refractivity contribution in [2.75, 3.05) is 12.4 Å². The molecule has 1 saturated carbocycles. The number of methoxy groups -OCH3 is 1. The number of rotatable bonds is 9. The lowest BCUT2D eigenvalue weighted by Crippen LogP contribution is -2.51. The van der Waals surface area contributed by atoms with Crippen LogP contribution in [0.3, 0.4) is 0 Å². The van der Waals surface area contributed by atoms with Crippen molar-refractivity contribution in [3.05, 3.63) is 63.6 Å². The summed E-state index contributed by atoms with van der Waals surface area (Å²) in [5.74, 6) is -1.09. The number of carbonyl (C=O) groups is 4. The fourth-order valence-corrected chi connectivity index (χ4v) is 5.30. The van der Waals surface area contributed by atoms with Gasteiger partial charge in [0.25, 0.3) is 5.91 Å². The first-order chi connectivity index (χ1) is 16.9. The van der Waals surface area contributed by atoms with Gasteiger partial charge in [-0.15, -0.1) is 0 Å². The van der Waals surface area contributed by atoms with E-state index in [0.29, 0.717) is 12.1 Å². The van der Waals surface area contributed by atoms with Gasteiger partial charge < -0.3 is 15.4 Å². The summed E-state index contributed by atoms with van der Waals surface area (Å²) < 4.78 is 4.89. The normalized spacial score (nSPS) is 18.9. The van der Waals surface area contributed by atoms with Crippen molar-refractivity contribution < 1.29 is 23.9 Å². The summed E-state index contributed by atoms with van der Waals surface area (Å²) in [4.78, 5) is 49.4. The molecule has 2 amide bonds. The summed E-state index contributed by atoms with van der Waals surface area (Å²) in [7, 11) is 1.27. The van der Waals surface area contributed by atoms with Gasteiger partial charge >= 0.3 is 5.97 Å². The van der Waals surface area contributed by atoms with Gasteiger partial charge in [0.1, 0.15) is 11.8 Å². The molecule has 1 aliphatic carbocycles. The van der Waals surface area contributed by atoms with E-state index >= 15 is 0 Å². The number of anilines is 1. The number of hydrogen-bond acceptors (Lipinski definition) is 5. The second-order valence-electron chi connectivity index (χ2n) is 9.72. The van der Waals surface area contributed by atoms with E-state index in [1.165, 1.54) is 7.11 Å². The van der Waals surface area contributed by atoms with Crippen LogP contribution in [-0.2, 0) is 25.5 Å². The molecule has 1 aliphatic rings. The number of ketones is 1. The number of halogens is 2. The Morgan fingerprint density at radius 2 is 1.67 bits per heavy atom. The Labute approximate surface area is 220 Å². The third-order valence-electron chi connectivity index (χ3n) is 7.06. The van der Waals surface area contributed by atoms with Crippen LogP contribution in [0.2, 0.25) is 10.0 Å². The molecule has 3 atom stereocenters. The SMILES string of the molecule is COC(=O)[C@H](Cc1ccc(NC(=O)c2c(Cl)cccc2Cl)cc1)NC(=O)CC1CC(C(C)=O)C1(C)C. The molecule has 0 aromatic heterocycles. The molecule has 0 spiro atoms. The molecule has 0 aliphatic heterocycles. The Morgan fingerprint density at radius 3 is 2.19 bits per heavy atom. The summed E-state index contributed by atoms with van der Waals surface area (Å²) in [6, 6.07) is 10.8. The van der Waals surface area contributed by atoms with Gasteiger partial charge in [-0.2, -0.15) is 0 Å². The fourth-order valence-electron chi connectivity index (χ4n) is 4.73. The first-order valence-electron chi connectivity index (χ1n) is 11.7. The molecule has 7 nitrogen and oxygen atoms in total. The lowest BCUT2D eigenvalue weighted by molar-refractivity contribution is -0.146. The van der Waals surface area contributed by atoms with E-state index < -0.39 is 17.9 Å². The topological polar surface area (TPSA) is 102 Å². The predicted molar refractivity (Wildman–Crippen MR) is 139 cm³/mol. The second-order valence-corrected chi connectivity index (χ2v) is 10.5. The fraction of sp³-hybridized carbons (Fsp3) is 0.407. The molecular formula is C27H30Cl2N2O5. The first-order valence-corrected chi connectivity index (χ1v) is 12.4. The third-order valence-corrected chi connectivity index (χ3v) is 7.69. The number of amides is 2. The highest BCUT2D eigenvalue weighted by molar-refractivity contribution is 6.40. The molecule has 0 radical (unpaired) electrons. The Bertz CT molecular complexity index is 1140.